The molecule has 1 aliphatic heterocycles. The molecule has 2 aliphatic rings. The Kier molecular flexibility index (Phi) is 4.38. The molecule has 17 heavy (non-hydrogen) atoms. The number of rotatable bonds is 3. The molecule has 2 atom stereocenters. The Morgan fingerprint density at radius 2 is 2.06 bits per heavy atom. The van der Waals surface area contributed by atoms with Gasteiger partial charge in [-0.2, -0.15) is 5.26 Å². The van der Waals surface area contributed by atoms with Crippen LogP contribution < -0.4 is 5.32 Å². The van der Waals surface area contributed by atoms with E-state index in [1.54, 1.807) is 0 Å². The van der Waals surface area contributed by atoms with Crippen molar-refractivity contribution in [3.8, 4) is 6.07 Å². The van der Waals surface area contributed by atoms with E-state index in [1.165, 1.54) is 19.3 Å². The molecule has 0 spiro atoms. The molecule has 1 aliphatic carbocycles. The summed E-state index contributed by atoms with van der Waals surface area (Å²) < 4.78 is 5.20. The Bertz CT molecular complexity index is 299. The van der Waals surface area contributed by atoms with Gasteiger partial charge in [-0.15, -0.1) is 0 Å². The van der Waals surface area contributed by atoms with Crippen LogP contribution in [0.1, 0.15) is 38.5 Å². The third kappa shape index (κ3) is 3.19. The van der Waals surface area contributed by atoms with Crippen LogP contribution in [0.4, 0.5) is 0 Å². The number of nitrogens with one attached hydrogen (secondary N) is 1. The summed E-state index contributed by atoms with van der Waals surface area (Å²) in [5.74, 6) is 0.300. The number of hydrogen-bond donors (Lipinski definition) is 1. The molecular formula is C13H20N2O2. The van der Waals surface area contributed by atoms with Gasteiger partial charge in [-0.05, 0) is 25.2 Å². The lowest BCUT2D eigenvalue weighted by atomic mass is 9.84. The Morgan fingerprint density at radius 1 is 1.29 bits per heavy atom. The Hall–Kier alpha value is -1.08. The molecule has 4 heteroatoms. The van der Waals surface area contributed by atoms with E-state index < -0.39 is 0 Å². The third-order valence-corrected chi connectivity index (χ3v) is 3.86. The van der Waals surface area contributed by atoms with Crippen molar-refractivity contribution in [2.45, 2.75) is 44.6 Å². The molecule has 2 rings (SSSR count). The fourth-order valence-corrected chi connectivity index (χ4v) is 2.74. The smallest absolute Gasteiger partial charge is 0.226 e. The Labute approximate surface area is 102 Å². The van der Waals surface area contributed by atoms with Crippen molar-refractivity contribution in [3.05, 3.63) is 0 Å². The summed E-state index contributed by atoms with van der Waals surface area (Å²) in [6.07, 6.45) is 6.56. The number of ether oxygens (including phenoxy) is 1. The topological polar surface area (TPSA) is 62.1 Å². The molecule has 0 radical (unpaired) electrons. The lowest BCUT2D eigenvalue weighted by Gasteiger charge is -2.27. The van der Waals surface area contributed by atoms with E-state index in [4.69, 9.17) is 4.74 Å². The molecule has 2 fully saturated rings. The average molecular weight is 236 g/mol. The van der Waals surface area contributed by atoms with Crippen molar-refractivity contribution in [3.63, 3.8) is 0 Å². The molecule has 0 aromatic carbocycles. The lowest BCUT2D eigenvalue weighted by molar-refractivity contribution is -0.125. The quantitative estimate of drug-likeness (QED) is 0.809. The van der Waals surface area contributed by atoms with Crippen LogP contribution in [0.3, 0.4) is 0 Å². The zero-order valence-electron chi connectivity index (χ0n) is 10.2. The van der Waals surface area contributed by atoms with E-state index in [-0.39, 0.29) is 17.9 Å². The zero-order valence-corrected chi connectivity index (χ0v) is 10.2. The van der Waals surface area contributed by atoms with E-state index in [1.807, 2.05) is 0 Å². The van der Waals surface area contributed by atoms with Crippen LogP contribution in [-0.2, 0) is 9.53 Å². The molecule has 94 valence electrons. The van der Waals surface area contributed by atoms with E-state index in [0.717, 1.165) is 19.3 Å². The van der Waals surface area contributed by atoms with Crippen LogP contribution >= 0.6 is 0 Å². The monoisotopic (exact) mass is 236 g/mol. The van der Waals surface area contributed by atoms with Crippen molar-refractivity contribution in [1.29, 1.82) is 5.26 Å². The number of carbonyl (C=O) groups excluding carboxylic acids is 1. The summed E-state index contributed by atoms with van der Waals surface area (Å²) in [5, 5.41) is 12.1. The lowest BCUT2D eigenvalue weighted by Crippen LogP contribution is -2.43. The predicted molar refractivity (Wildman–Crippen MR) is 63.0 cm³/mol. The normalized spacial score (nSPS) is 27.4. The zero-order chi connectivity index (χ0) is 12.1. The highest BCUT2D eigenvalue weighted by atomic mass is 16.5. The molecular weight excluding hydrogens is 216 g/mol. The van der Waals surface area contributed by atoms with Crippen LogP contribution in [0, 0.1) is 23.2 Å². The third-order valence-electron chi connectivity index (χ3n) is 3.86. The van der Waals surface area contributed by atoms with E-state index in [0.29, 0.717) is 19.1 Å². The number of carbonyl (C=O) groups is 1. The van der Waals surface area contributed by atoms with Crippen molar-refractivity contribution in [2.24, 2.45) is 11.8 Å². The average Bonchev–Trinajstić information content (AvgIpc) is 2.90. The molecule has 0 aromatic heterocycles. The first-order chi connectivity index (χ1) is 8.31. The van der Waals surface area contributed by atoms with Crippen LogP contribution in [0.25, 0.3) is 0 Å². The maximum Gasteiger partial charge on any atom is 0.226 e. The van der Waals surface area contributed by atoms with Gasteiger partial charge >= 0.3 is 0 Å². The van der Waals surface area contributed by atoms with E-state index in [2.05, 4.69) is 11.4 Å². The first-order valence-electron chi connectivity index (χ1n) is 6.59. The van der Waals surface area contributed by atoms with Gasteiger partial charge < -0.3 is 10.1 Å². The molecule has 1 N–H and O–H groups in total. The molecule has 4 nitrogen and oxygen atoms in total. The van der Waals surface area contributed by atoms with Gasteiger partial charge in [0.15, 0.2) is 0 Å². The summed E-state index contributed by atoms with van der Waals surface area (Å²) >= 11 is 0. The maximum absolute atomic E-state index is 11.9. The predicted octanol–water partition coefficient (Wildman–Crippen LogP) is 1.61. The minimum Gasteiger partial charge on any atom is -0.381 e. The summed E-state index contributed by atoms with van der Waals surface area (Å²) in [5.41, 5.74) is 0. The molecule has 1 saturated carbocycles. The fraction of sp³-hybridized carbons (Fsp3) is 0.846. The van der Waals surface area contributed by atoms with Crippen LogP contribution in [-0.4, -0.2) is 25.2 Å². The largest absolute Gasteiger partial charge is 0.381 e. The summed E-state index contributed by atoms with van der Waals surface area (Å²) in [7, 11) is 0. The maximum atomic E-state index is 11.9. The first-order valence-corrected chi connectivity index (χ1v) is 6.59. The van der Waals surface area contributed by atoms with Crippen LogP contribution in [0.2, 0.25) is 0 Å². The van der Waals surface area contributed by atoms with Crippen molar-refractivity contribution < 1.29 is 9.53 Å². The van der Waals surface area contributed by atoms with E-state index >= 15 is 0 Å². The molecule has 0 bridgehead atoms. The highest BCUT2D eigenvalue weighted by molar-refractivity contribution is 5.79. The second-order valence-corrected chi connectivity index (χ2v) is 5.07. The molecule has 1 heterocycles. The van der Waals surface area contributed by atoms with Crippen LogP contribution in [0.15, 0.2) is 0 Å². The molecule has 0 aromatic rings. The van der Waals surface area contributed by atoms with Gasteiger partial charge in [0.25, 0.3) is 0 Å². The minimum absolute atomic E-state index is 0.000349. The van der Waals surface area contributed by atoms with Crippen molar-refractivity contribution in [1.82, 2.24) is 5.32 Å². The van der Waals surface area contributed by atoms with Gasteiger partial charge in [0, 0.05) is 6.61 Å². The highest BCUT2D eigenvalue weighted by Crippen LogP contribution is 2.26. The summed E-state index contributed by atoms with van der Waals surface area (Å²) in [4.78, 5) is 11.9. The summed E-state index contributed by atoms with van der Waals surface area (Å²) in [6.45, 7) is 1.17. The first kappa shape index (κ1) is 12.4. The van der Waals surface area contributed by atoms with Crippen molar-refractivity contribution >= 4 is 5.91 Å². The van der Waals surface area contributed by atoms with Gasteiger partial charge in [0.05, 0.1) is 18.6 Å². The van der Waals surface area contributed by atoms with Crippen LogP contribution in [0.5, 0.6) is 0 Å². The minimum atomic E-state index is -0.302. The molecule has 2 unspecified atom stereocenters. The number of nitriles is 1. The van der Waals surface area contributed by atoms with E-state index in [9.17, 15) is 10.1 Å². The number of hydrogen-bond acceptors (Lipinski definition) is 3. The summed E-state index contributed by atoms with van der Waals surface area (Å²) in [6, 6.07) is 1.95. The fourth-order valence-electron chi connectivity index (χ4n) is 2.74. The van der Waals surface area contributed by atoms with Gasteiger partial charge in [-0.25, -0.2) is 0 Å². The van der Waals surface area contributed by atoms with Crippen molar-refractivity contribution in [2.75, 3.05) is 13.2 Å². The number of amides is 1. The Morgan fingerprint density at radius 3 is 2.65 bits per heavy atom. The second kappa shape index (κ2) is 6.02. The second-order valence-electron chi connectivity index (χ2n) is 5.07. The molecule has 1 amide bonds. The standard InChI is InChI=1S/C13H20N2O2/c14-8-12(10-4-2-1-3-5-10)15-13(16)11-6-7-17-9-11/h10-12H,1-7,9H2,(H,15,16). The van der Waals surface area contributed by atoms with Gasteiger partial charge in [0.2, 0.25) is 5.91 Å². The van der Waals surface area contributed by atoms with Gasteiger partial charge in [-0.1, -0.05) is 19.3 Å². The van der Waals surface area contributed by atoms with Gasteiger partial charge in [0.1, 0.15) is 6.04 Å². The highest BCUT2D eigenvalue weighted by Gasteiger charge is 2.29. The SMILES string of the molecule is N#CC(NC(=O)C1CCOC1)C1CCCCC1. The van der Waals surface area contributed by atoms with Gasteiger partial charge in [-0.3, -0.25) is 4.79 Å². The number of nitrogens with zero attached hydrogens (tertiary/aromatic N) is 1. The molecule has 1 saturated heterocycles. The Balaban J connectivity index is 1.85.